The van der Waals surface area contributed by atoms with Gasteiger partial charge < -0.3 is 7.43 Å². The Morgan fingerprint density at radius 2 is 1.00 bits per heavy atom. The monoisotopic (exact) mass is 962 g/mol. The molecule has 0 unspecified atom stereocenters. The van der Waals surface area contributed by atoms with Crippen LogP contribution in [-0.2, 0) is 84.2 Å². The van der Waals surface area contributed by atoms with Crippen LogP contribution in [0.3, 0.4) is 0 Å². The van der Waals surface area contributed by atoms with Crippen LogP contribution in [0.1, 0.15) is 6.92 Å². The van der Waals surface area contributed by atoms with Crippen molar-refractivity contribution in [2.75, 3.05) is 0 Å². The van der Waals surface area contributed by atoms with E-state index in [1.165, 1.54) is 19.4 Å². The normalized spacial score (nSPS) is 2.62. The maximum atomic E-state index is 2.83. The molecule has 0 aliphatic rings. The molecule has 0 radical (unpaired) electrons. The first kappa shape index (κ1) is 22.5. The van der Waals surface area contributed by atoms with E-state index in [2.05, 4.69) is 4.40 Å². The third kappa shape index (κ3) is 58.7. The molecule has 0 aromatic carbocycles. The number of rotatable bonds is 0. The molecule has 0 spiro atoms. The second-order valence-electron chi connectivity index (χ2n) is 0.204. The average molecular weight is 961 g/mol. The summed E-state index contributed by atoms with van der Waals surface area (Å²) < 4.78 is 2.83. The summed E-state index contributed by atoms with van der Waals surface area (Å²) in [5, 5.41) is 0. The Balaban J connectivity index is -0.0000000147. The molecule has 0 aliphatic carbocycles. The van der Waals surface area contributed by atoms with Gasteiger partial charge in [-0.25, -0.2) is 0 Å². The molecule has 0 saturated carbocycles. The molecule has 0 saturated heterocycles. The van der Waals surface area contributed by atoms with Crippen LogP contribution in [-0.4, -0.2) is 4.40 Å². The molecule has 5 heteroatoms. The van der Waals surface area contributed by atoms with Gasteiger partial charge in [0.25, 0.3) is 0 Å². The molecule has 8 heavy (non-hydrogen) atoms. The summed E-state index contributed by atoms with van der Waals surface area (Å²) in [4.78, 5) is 0. The van der Waals surface area contributed by atoms with Crippen molar-refractivity contribution in [3.05, 3.63) is 7.43 Å². The first-order valence-electron chi connectivity index (χ1n) is 1.04. The van der Waals surface area contributed by atoms with E-state index >= 15 is 0 Å². The molecule has 0 aromatic rings. The molecule has 0 amide bonds. The van der Waals surface area contributed by atoms with Gasteiger partial charge in [0, 0.05) is 0 Å². The molecule has 0 N–H and O–H groups in total. The van der Waals surface area contributed by atoms with Crippen molar-refractivity contribution >= 4 is 4.40 Å². The standard InChI is InChI=1S/C2H3.CH3.5W/c1-2;;;;;;/h1H3;1H3;;;;;/q2*-1;;;;;. The molecule has 0 atom stereocenters. The second-order valence-corrected chi connectivity index (χ2v) is 1.67. The fraction of sp³-hybridized carbons (Fsp3) is 0.333. The van der Waals surface area contributed by atoms with Gasteiger partial charge in [0.15, 0.2) is 0 Å². The molecule has 0 fully saturated rings. The predicted molar refractivity (Wildman–Crippen MR) is 17.1 cm³/mol. The zero-order valence-electron chi connectivity index (χ0n) is 4.54. The van der Waals surface area contributed by atoms with Gasteiger partial charge in [-0.2, -0.15) is 0 Å². The van der Waals surface area contributed by atoms with E-state index in [1.54, 1.807) is 64.9 Å². The Morgan fingerprint density at radius 3 is 1.00 bits per heavy atom. The van der Waals surface area contributed by atoms with Crippen molar-refractivity contribution in [3.63, 3.8) is 0 Å². The number of hydrogen-bond donors (Lipinski definition) is 0. The molecule has 50 valence electrons. The third-order valence-electron chi connectivity index (χ3n) is 0. The van der Waals surface area contributed by atoms with E-state index < -0.39 is 0 Å². The van der Waals surface area contributed by atoms with E-state index in [0.717, 1.165) is 0 Å². The van der Waals surface area contributed by atoms with Crippen LogP contribution < -0.4 is 0 Å². The van der Waals surface area contributed by atoms with E-state index in [4.69, 9.17) is 0 Å². The topological polar surface area (TPSA) is 0 Å². The minimum absolute atomic E-state index is 0. The molecule has 0 bridgehead atoms. The first-order chi connectivity index (χ1) is 3.41. The van der Waals surface area contributed by atoms with Gasteiger partial charge in [-0.15, -0.1) is 0 Å². The summed E-state index contributed by atoms with van der Waals surface area (Å²) in [6.07, 6.45) is 0. The van der Waals surface area contributed by atoms with Gasteiger partial charge in [-0.3, -0.25) is 0 Å². The van der Waals surface area contributed by atoms with E-state index in [9.17, 15) is 0 Å². The molecular formula is C3H6W5-2. The van der Waals surface area contributed by atoms with E-state index in [1.807, 2.05) is 6.92 Å². The van der Waals surface area contributed by atoms with Gasteiger partial charge in [-0.1, -0.05) is 0 Å². The van der Waals surface area contributed by atoms with Crippen molar-refractivity contribution in [2.24, 2.45) is 0 Å². The summed E-state index contributed by atoms with van der Waals surface area (Å²) in [5.41, 5.74) is 0. The number of hydrogen-bond acceptors (Lipinski definition) is 0. The quantitative estimate of drug-likeness (QED) is 0.314. The van der Waals surface area contributed by atoms with Crippen molar-refractivity contribution < 1.29 is 84.2 Å². The van der Waals surface area contributed by atoms with Gasteiger partial charge in [-0.05, 0) is 0 Å². The summed E-state index contributed by atoms with van der Waals surface area (Å²) >= 11 is 8.09. The maximum absolute atomic E-state index is 2.83. The zero-order chi connectivity index (χ0) is 6.71. The van der Waals surface area contributed by atoms with Crippen LogP contribution in [0.4, 0.5) is 0 Å². The van der Waals surface area contributed by atoms with Crippen molar-refractivity contribution in [3.8, 4) is 0 Å². The molecule has 0 rings (SSSR count). The SMILES string of the molecule is C[C-]=[W].[CH3-].[W]=[W].[W]=[W]. The second kappa shape index (κ2) is 48.1. The van der Waals surface area contributed by atoms with Crippen LogP contribution in [0.25, 0.3) is 0 Å². The Morgan fingerprint density at radius 1 is 1.00 bits per heavy atom. The average Bonchev–Trinajstić information content (AvgIpc) is 1.78. The van der Waals surface area contributed by atoms with Gasteiger partial charge in [0.1, 0.15) is 0 Å². The van der Waals surface area contributed by atoms with Crippen LogP contribution >= 0.6 is 0 Å². The first-order valence-corrected chi connectivity index (χ1v) is 24.5. The van der Waals surface area contributed by atoms with Crippen LogP contribution in [0.15, 0.2) is 0 Å². The molecule has 0 aromatic heterocycles. The van der Waals surface area contributed by atoms with Crippen LogP contribution in [0.5, 0.6) is 0 Å². The Bertz CT molecular complexity index is 26.9. The fourth-order valence-electron chi connectivity index (χ4n) is 0. The molecular weight excluding hydrogens is 955 g/mol. The predicted octanol–water partition coefficient (Wildman–Crippen LogP) is 0.673. The summed E-state index contributed by atoms with van der Waals surface area (Å²) in [5.74, 6) is 0. The Hall–Kier alpha value is 3.31. The van der Waals surface area contributed by atoms with Gasteiger partial charge in [0.05, 0.1) is 0 Å². The van der Waals surface area contributed by atoms with Crippen molar-refractivity contribution in [1.82, 2.24) is 0 Å². The van der Waals surface area contributed by atoms with Crippen molar-refractivity contribution in [1.29, 1.82) is 0 Å². The Labute approximate surface area is 101 Å². The van der Waals surface area contributed by atoms with Crippen LogP contribution in [0, 0.1) is 7.43 Å². The molecule has 0 nitrogen and oxygen atoms in total. The molecule has 0 heterocycles. The van der Waals surface area contributed by atoms with Gasteiger partial charge >= 0.3 is 95.6 Å². The van der Waals surface area contributed by atoms with Gasteiger partial charge in [0.2, 0.25) is 0 Å². The van der Waals surface area contributed by atoms with E-state index in [-0.39, 0.29) is 7.43 Å². The molecule has 0 aliphatic heterocycles. The Kier molecular flexibility index (Phi) is 135. The van der Waals surface area contributed by atoms with E-state index in [0.29, 0.717) is 0 Å². The fourth-order valence-corrected chi connectivity index (χ4v) is 0. The zero-order valence-corrected chi connectivity index (χ0v) is 19.2. The summed E-state index contributed by atoms with van der Waals surface area (Å²) in [6, 6.07) is 0. The summed E-state index contributed by atoms with van der Waals surface area (Å²) in [6.45, 7) is 1.91. The minimum atomic E-state index is 0. The van der Waals surface area contributed by atoms with Crippen LogP contribution in [0.2, 0.25) is 0 Å². The third-order valence-corrected chi connectivity index (χ3v) is 0. The summed E-state index contributed by atoms with van der Waals surface area (Å²) in [7, 11) is 0. The van der Waals surface area contributed by atoms with Crippen molar-refractivity contribution in [2.45, 2.75) is 6.92 Å².